The number of ketones is 1. The molecule has 2 rings (SSSR count). The van der Waals surface area contributed by atoms with Crippen molar-refractivity contribution in [2.24, 2.45) is 0 Å². The van der Waals surface area contributed by atoms with E-state index in [0.717, 1.165) is 5.56 Å². The number of rotatable bonds is 3. The third-order valence-electron chi connectivity index (χ3n) is 2.72. The van der Waals surface area contributed by atoms with Crippen LogP contribution in [0.15, 0.2) is 42.5 Å². The number of hydrogen-bond donors (Lipinski definition) is 0. The summed E-state index contributed by atoms with van der Waals surface area (Å²) in [6, 6.07) is 12.1. The van der Waals surface area contributed by atoms with Gasteiger partial charge in [-0.1, -0.05) is 47.2 Å². The largest absolute Gasteiger partial charge is 0.479 e. The maximum absolute atomic E-state index is 11.2. The predicted molar refractivity (Wildman–Crippen MR) is 85.3 cm³/mol. The van der Waals surface area contributed by atoms with Gasteiger partial charge in [-0.15, -0.1) is 0 Å². The van der Waals surface area contributed by atoms with Crippen LogP contribution in [0.5, 0.6) is 5.75 Å². The van der Waals surface area contributed by atoms with E-state index in [1.807, 2.05) is 0 Å². The zero-order valence-corrected chi connectivity index (χ0v) is 12.8. The van der Waals surface area contributed by atoms with Crippen molar-refractivity contribution < 1.29 is 9.53 Å². The predicted octanol–water partition coefficient (Wildman–Crippen LogP) is 4.63. The highest BCUT2D eigenvalue weighted by atomic mass is 35.5. The first-order valence-electron chi connectivity index (χ1n) is 6.24. The van der Waals surface area contributed by atoms with E-state index in [0.29, 0.717) is 21.4 Å². The zero-order valence-electron chi connectivity index (χ0n) is 11.3. The van der Waals surface area contributed by atoms with Gasteiger partial charge in [0.2, 0.25) is 0 Å². The molecule has 0 spiro atoms. The summed E-state index contributed by atoms with van der Waals surface area (Å²) in [5.41, 5.74) is 1.49. The van der Waals surface area contributed by atoms with Gasteiger partial charge in [0.05, 0.1) is 5.02 Å². The molecule has 0 unspecified atom stereocenters. The van der Waals surface area contributed by atoms with Crippen molar-refractivity contribution in [1.82, 2.24) is 0 Å². The number of Topliss-reactive ketones (excluding diaryl/α,β-unsaturated/α-hetero) is 1. The summed E-state index contributed by atoms with van der Waals surface area (Å²) in [6.45, 7) is 1.73. The average Bonchev–Trinajstić information content (AvgIpc) is 2.47. The number of hydrogen-bond acceptors (Lipinski definition) is 2. The van der Waals surface area contributed by atoms with Gasteiger partial charge in [-0.2, -0.15) is 0 Å². The van der Waals surface area contributed by atoms with E-state index < -0.39 is 0 Å². The van der Waals surface area contributed by atoms with Crippen LogP contribution in [0.1, 0.15) is 22.8 Å². The third kappa shape index (κ3) is 4.53. The van der Waals surface area contributed by atoms with Crippen LogP contribution < -0.4 is 4.74 Å². The zero-order chi connectivity index (χ0) is 15.2. The van der Waals surface area contributed by atoms with E-state index in [9.17, 15) is 4.79 Å². The van der Waals surface area contributed by atoms with Crippen LogP contribution in [0.2, 0.25) is 10.0 Å². The Kier molecular flexibility index (Phi) is 5.27. The lowest BCUT2D eigenvalue weighted by molar-refractivity contribution is 0.101. The minimum Gasteiger partial charge on any atom is -0.479 e. The molecule has 0 bridgehead atoms. The molecule has 0 fully saturated rings. The van der Waals surface area contributed by atoms with Gasteiger partial charge in [-0.25, -0.2) is 0 Å². The van der Waals surface area contributed by atoms with Gasteiger partial charge in [0.25, 0.3) is 0 Å². The fourth-order valence-electron chi connectivity index (χ4n) is 1.63. The third-order valence-corrected chi connectivity index (χ3v) is 3.26. The van der Waals surface area contributed by atoms with Crippen LogP contribution in [0.4, 0.5) is 0 Å². The number of carbonyl (C=O) groups excluding carboxylic acids is 1. The Bertz CT molecular complexity index is 710. The molecule has 0 saturated heterocycles. The Hall–Kier alpha value is -1.95. The summed E-state index contributed by atoms with van der Waals surface area (Å²) in [6.07, 6.45) is 0. The smallest absolute Gasteiger partial charge is 0.159 e. The molecule has 0 aliphatic heterocycles. The van der Waals surface area contributed by atoms with Gasteiger partial charge < -0.3 is 4.74 Å². The lowest BCUT2D eigenvalue weighted by Crippen LogP contribution is -1.95. The van der Waals surface area contributed by atoms with Gasteiger partial charge in [-0.3, -0.25) is 4.79 Å². The minimum atomic E-state index is 0.0356. The first-order valence-corrected chi connectivity index (χ1v) is 6.99. The number of halogens is 2. The van der Waals surface area contributed by atoms with E-state index >= 15 is 0 Å². The molecule has 2 aromatic carbocycles. The summed E-state index contributed by atoms with van der Waals surface area (Å²) >= 11 is 11.8. The molecule has 0 aliphatic carbocycles. The molecule has 2 nitrogen and oxygen atoms in total. The number of ether oxygens (including phenoxy) is 1. The Morgan fingerprint density at radius 2 is 1.86 bits per heavy atom. The summed E-state index contributed by atoms with van der Waals surface area (Å²) < 4.78 is 5.46. The second kappa shape index (κ2) is 7.17. The molecule has 4 heteroatoms. The summed E-state index contributed by atoms with van der Waals surface area (Å²) in [5.74, 6) is 6.38. The second-order valence-corrected chi connectivity index (χ2v) is 5.14. The van der Waals surface area contributed by atoms with Crippen LogP contribution in [0, 0.1) is 11.8 Å². The van der Waals surface area contributed by atoms with Crippen molar-refractivity contribution in [2.75, 3.05) is 6.61 Å². The van der Waals surface area contributed by atoms with Gasteiger partial charge in [0.1, 0.15) is 12.4 Å². The maximum atomic E-state index is 11.2. The van der Waals surface area contributed by atoms with Crippen LogP contribution in [0.25, 0.3) is 0 Å². The Morgan fingerprint density at radius 1 is 1.14 bits per heavy atom. The number of carbonyl (C=O) groups is 1. The SMILES string of the molecule is CC(=O)c1ccc(C#CCOc2cc(Cl)ccc2Cl)cc1. The van der Waals surface area contributed by atoms with Gasteiger partial charge in [0, 0.05) is 22.2 Å². The fourth-order valence-corrected chi connectivity index (χ4v) is 1.96. The summed E-state index contributed by atoms with van der Waals surface area (Å²) in [4.78, 5) is 11.2. The fraction of sp³-hybridized carbons (Fsp3) is 0.118. The molecule has 0 aliphatic rings. The summed E-state index contributed by atoms with van der Waals surface area (Å²) in [7, 11) is 0. The molecular formula is C17H12Cl2O2. The molecule has 0 N–H and O–H groups in total. The van der Waals surface area contributed by atoms with Crippen molar-refractivity contribution in [3.8, 4) is 17.6 Å². The average molecular weight is 319 g/mol. The van der Waals surface area contributed by atoms with Crippen molar-refractivity contribution in [2.45, 2.75) is 6.92 Å². The highest BCUT2D eigenvalue weighted by molar-refractivity contribution is 6.34. The Morgan fingerprint density at radius 3 is 2.52 bits per heavy atom. The highest BCUT2D eigenvalue weighted by Gasteiger charge is 2.01. The monoisotopic (exact) mass is 318 g/mol. The quantitative estimate of drug-likeness (QED) is 0.609. The van der Waals surface area contributed by atoms with E-state index in [4.69, 9.17) is 27.9 Å². The van der Waals surface area contributed by atoms with Crippen molar-refractivity contribution in [3.63, 3.8) is 0 Å². The molecule has 0 saturated carbocycles. The molecule has 0 radical (unpaired) electrons. The number of benzene rings is 2. The lowest BCUT2D eigenvalue weighted by atomic mass is 10.1. The molecule has 0 heterocycles. The molecule has 0 amide bonds. The van der Waals surface area contributed by atoms with E-state index in [-0.39, 0.29) is 12.4 Å². The standard InChI is InChI=1S/C17H12Cl2O2/c1-12(20)14-6-4-13(5-7-14)3-2-10-21-17-11-15(18)8-9-16(17)19/h4-9,11H,10H2,1H3. The molecule has 0 aromatic heterocycles. The topological polar surface area (TPSA) is 26.3 Å². The Balaban J connectivity index is 1.97. The van der Waals surface area contributed by atoms with Crippen molar-refractivity contribution >= 4 is 29.0 Å². The molecule has 0 atom stereocenters. The first kappa shape index (κ1) is 15.4. The molecule has 21 heavy (non-hydrogen) atoms. The van der Waals surface area contributed by atoms with Crippen LogP contribution in [-0.2, 0) is 0 Å². The van der Waals surface area contributed by atoms with Crippen molar-refractivity contribution in [3.05, 3.63) is 63.6 Å². The van der Waals surface area contributed by atoms with Gasteiger partial charge in [-0.05, 0) is 31.2 Å². The second-order valence-electron chi connectivity index (χ2n) is 4.30. The Labute approximate surface area is 133 Å². The lowest BCUT2D eigenvalue weighted by Gasteiger charge is -2.04. The van der Waals surface area contributed by atoms with E-state index in [1.54, 1.807) is 42.5 Å². The normalized spacial score (nSPS) is 9.67. The van der Waals surface area contributed by atoms with E-state index in [1.165, 1.54) is 6.92 Å². The molecule has 2 aromatic rings. The highest BCUT2D eigenvalue weighted by Crippen LogP contribution is 2.27. The first-order chi connectivity index (χ1) is 10.1. The van der Waals surface area contributed by atoms with Crippen LogP contribution in [0.3, 0.4) is 0 Å². The molecular weight excluding hydrogens is 307 g/mol. The van der Waals surface area contributed by atoms with Gasteiger partial charge >= 0.3 is 0 Å². The van der Waals surface area contributed by atoms with Gasteiger partial charge in [0.15, 0.2) is 5.78 Å². The van der Waals surface area contributed by atoms with E-state index in [2.05, 4.69) is 11.8 Å². The van der Waals surface area contributed by atoms with Crippen LogP contribution in [-0.4, -0.2) is 12.4 Å². The van der Waals surface area contributed by atoms with Crippen molar-refractivity contribution in [1.29, 1.82) is 0 Å². The minimum absolute atomic E-state index is 0.0356. The molecule has 106 valence electrons. The maximum Gasteiger partial charge on any atom is 0.159 e. The summed E-state index contributed by atoms with van der Waals surface area (Å²) in [5, 5.41) is 1.05. The van der Waals surface area contributed by atoms with Crippen LogP contribution >= 0.6 is 23.2 Å².